The first-order valence-electron chi connectivity index (χ1n) is 7.74. The number of carbonyl (C=O) groups is 1. The zero-order valence-electron chi connectivity index (χ0n) is 14.2. The summed E-state index contributed by atoms with van der Waals surface area (Å²) >= 11 is 0. The normalized spacial score (nSPS) is 11.9. The highest BCUT2D eigenvalue weighted by molar-refractivity contribution is 6.02. The van der Waals surface area contributed by atoms with Crippen molar-refractivity contribution >= 4 is 23.4 Å². The SMILES string of the molecule is C[C@H](NC(=O)C(C#N)=Cc1ccc([N+](=O)[O-])c([N+](=O)[O-])c1)c1ccccc1. The molecule has 0 fully saturated rings. The van der Waals surface area contributed by atoms with Crippen LogP contribution in [0.5, 0.6) is 0 Å². The molecule has 2 aromatic carbocycles. The lowest BCUT2D eigenvalue weighted by atomic mass is 10.1. The molecule has 0 spiro atoms. The molecule has 0 aliphatic heterocycles. The molecular formula is C18H14N4O5. The van der Waals surface area contributed by atoms with Crippen LogP contribution in [0.3, 0.4) is 0 Å². The van der Waals surface area contributed by atoms with Gasteiger partial charge in [-0.1, -0.05) is 30.3 Å². The van der Waals surface area contributed by atoms with Gasteiger partial charge in [0.25, 0.3) is 5.91 Å². The first-order valence-corrected chi connectivity index (χ1v) is 7.74. The molecule has 1 amide bonds. The van der Waals surface area contributed by atoms with Gasteiger partial charge in [0.1, 0.15) is 11.6 Å². The molecule has 0 aliphatic rings. The van der Waals surface area contributed by atoms with Crippen LogP contribution < -0.4 is 5.32 Å². The van der Waals surface area contributed by atoms with Crippen LogP contribution in [0.1, 0.15) is 24.1 Å². The van der Waals surface area contributed by atoms with Gasteiger partial charge in [-0.15, -0.1) is 0 Å². The molecule has 9 nitrogen and oxygen atoms in total. The molecule has 0 aromatic heterocycles. The van der Waals surface area contributed by atoms with Crippen LogP contribution in [0.25, 0.3) is 6.08 Å². The summed E-state index contributed by atoms with van der Waals surface area (Å²) in [7, 11) is 0. The lowest BCUT2D eigenvalue weighted by Gasteiger charge is -2.13. The van der Waals surface area contributed by atoms with E-state index in [9.17, 15) is 30.3 Å². The molecule has 2 rings (SSSR count). The minimum Gasteiger partial charge on any atom is -0.345 e. The summed E-state index contributed by atoms with van der Waals surface area (Å²) in [5, 5.41) is 33.8. The van der Waals surface area contributed by atoms with Crippen LogP contribution in [0.2, 0.25) is 0 Å². The Hall–Kier alpha value is -4.06. The predicted molar refractivity (Wildman–Crippen MR) is 96.3 cm³/mol. The van der Waals surface area contributed by atoms with Gasteiger partial charge in [0, 0.05) is 12.1 Å². The second kappa shape index (κ2) is 8.35. The van der Waals surface area contributed by atoms with Crippen molar-refractivity contribution in [3.8, 4) is 6.07 Å². The maximum absolute atomic E-state index is 12.3. The fourth-order valence-corrected chi connectivity index (χ4v) is 2.35. The first kappa shape index (κ1) is 19.3. The molecule has 136 valence electrons. The number of benzene rings is 2. The van der Waals surface area contributed by atoms with Gasteiger partial charge in [0.05, 0.1) is 15.9 Å². The molecule has 0 unspecified atom stereocenters. The third kappa shape index (κ3) is 4.73. The Labute approximate surface area is 153 Å². The molecule has 0 radical (unpaired) electrons. The van der Waals surface area contributed by atoms with E-state index in [2.05, 4.69) is 5.32 Å². The molecular weight excluding hydrogens is 352 g/mol. The topological polar surface area (TPSA) is 139 Å². The lowest BCUT2D eigenvalue weighted by Crippen LogP contribution is -2.27. The van der Waals surface area contributed by atoms with Crippen molar-refractivity contribution in [2.24, 2.45) is 0 Å². The van der Waals surface area contributed by atoms with E-state index in [-0.39, 0.29) is 17.2 Å². The molecule has 27 heavy (non-hydrogen) atoms. The zero-order valence-corrected chi connectivity index (χ0v) is 14.2. The van der Waals surface area contributed by atoms with Crippen molar-refractivity contribution < 1.29 is 14.6 Å². The molecule has 0 saturated carbocycles. The van der Waals surface area contributed by atoms with Crippen LogP contribution in [0, 0.1) is 31.6 Å². The van der Waals surface area contributed by atoms with E-state index in [1.54, 1.807) is 13.0 Å². The van der Waals surface area contributed by atoms with Crippen molar-refractivity contribution in [3.05, 3.63) is 85.5 Å². The minimum absolute atomic E-state index is 0.131. The number of nitriles is 1. The van der Waals surface area contributed by atoms with Gasteiger partial charge in [-0.2, -0.15) is 5.26 Å². The van der Waals surface area contributed by atoms with Crippen LogP contribution in [-0.4, -0.2) is 15.8 Å². The van der Waals surface area contributed by atoms with Gasteiger partial charge in [0.2, 0.25) is 0 Å². The predicted octanol–water partition coefficient (Wildman–Crippen LogP) is 3.29. The molecule has 0 aliphatic carbocycles. The Morgan fingerprint density at radius 1 is 1.11 bits per heavy atom. The van der Waals surface area contributed by atoms with E-state index in [0.717, 1.165) is 23.8 Å². The molecule has 0 heterocycles. The van der Waals surface area contributed by atoms with Crippen LogP contribution in [-0.2, 0) is 4.79 Å². The molecule has 0 bridgehead atoms. The van der Waals surface area contributed by atoms with Gasteiger partial charge in [-0.3, -0.25) is 25.0 Å². The largest absolute Gasteiger partial charge is 0.346 e. The van der Waals surface area contributed by atoms with E-state index in [4.69, 9.17) is 0 Å². The number of nitrogens with zero attached hydrogens (tertiary/aromatic N) is 3. The van der Waals surface area contributed by atoms with Crippen LogP contribution in [0.15, 0.2) is 54.1 Å². The van der Waals surface area contributed by atoms with Gasteiger partial charge < -0.3 is 5.32 Å². The maximum atomic E-state index is 12.3. The molecule has 0 saturated heterocycles. The fourth-order valence-electron chi connectivity index (χ4n) is 2.35. The number of rotatable bonds is 6. The number of nitro benzene ring substituents is 2. The first-order chi connectivity index (χ1) is 12.8. The summed E-state index contributed by atoms with van der Waals surface area (Å²) in [5.41, 5.74) is -0.691. The van der Waals surface area contributed by atoms with Gasteiger partial charge in [-0.05, 0) is 30.2 Å². The second-order valence-electron chi connectivity index (χ2n) is 5.54. The Morgan fingerprint density at radius 2 is 1.74 bits per heavy atom. The monoisotopic (exact) mass is 366 g/mol. The van der Waals surface area contributed by atoms with Crippen molar-refractivity contribution in [3.63, 3.8) is 0 Å². The molecule has 9 heteroatoms. The maximum Gasteiger partial charge on any atom is 0.346 e. The summed E-state index contributed by atoms with van der Waals surface area (Å²) in [5.74, 6) is -0.658. The summed E-state index contributed by atoms with van der Waals surface area (Å²) in [6, 6.07) is 13.6. The quantitative estimate of drug-likeness (QED) is 0.360. The average molecular weight is 366 g/mol. The number of hydrogen-bond donors (Lipinski definition) is 1. The minimum atomic E-state index is -0.890. The molecule has 2 aromatic rings. The summed E-state index contributed by atoms with van der Waals surface area (Å²) in [6.45, 7) is 1.75. The Bertz CT molecular complexity index is 963. The Morgan fingerprint density at radius 3 is 2.30 bits per heavy atom. The highest BCUT2D eigenvalue weighted by Gasteiger charge is 2.24. The number of hydrogen-bond acceptors (Lipinski definition) is 6. The van der Waals surface area contributed by atoms with E-state index in [1.807, 2.05) is 30.3 Å². The lowest BCUT2D eigenvalue weighted by molar-refractivity contribution is -0.422. The van der Waals surface area contributed by atoms with Crippen molar-refractivity contribution in [2.75, 3.05) is 0 Å². The second-order valence-corrected chi connectivity index (χ2v) is 5.54. The van der Waals surface area contributed by atoms with Crippen LogP contribution >= 0.6 is 0 Å². The van der Waals surface area contributed by atoms with E-state index in [0.29, 0.717) is 0 Å². The van der Waals surface area contributed by atoms with Crippen molar-refractivity contribution in [1.29, 1.82) is 5.26 Å². The highest BCUT2D eigenvalue weighted by Crippen LogP contribution is 2.28. The standard InChI is InChI=1S/C18H14N4O5/c1-12(14-5-3-2-4-6-14)20-18(23)15(11-19)9-13-7-8-16(21(24)25)17(10-13)22(26)27/h2-10,12H,1H3,(H,20,23)/t12-/m0/s1. The van der Waals surface area contributed by atoms with Gasteiger partial charge in [0.15, 0.2) is 0 Å². The van der Waals surface area contributed by atoms with Crippen molar-refractivity contribution in [1.82, 2.24) is 5.32 Å². The third-order valence-corrected chi connectivity index (χ3v) is 3.72. The Balaban J connectivity index is 2.29. The number of nitro groups is 2. The highest BCUT2D eigenvalue weighted by atomic mass is 16.6. The third-order valence-electron chi connectivity index (χ3n) is 3.72. The summed E-state index contributed by atoms with van der Waals surface area (Å²) < 4.78 is 0. The van der Waals surface area contributed by atoms with E-state index in [1.165, 1.54) is 6.07 Å². The molecule has 1 atom stereocenters. The van der Waals surface area contributed by atoms with Crippen LogP contribution in [0.4, 0.5) is 11.4 Å². The summed E-state index contributed by atoms with van der Waals surface area (Å²) in [4.78, 5) is 32.4. The number of nitrogens with one attached hydrogen (secondary N) is 1. The smallest absolute Gasteiger partial charge is 0.345 e. The van der Waals surface area contributed by atoms with Gasteiger partial charge in [-0.25, -0.2) is 0 Å². The van der Waals surface area contributed by atoms with Crippen molar-refractivity contribution in [2.45, 2.75) is 13.0 Å². The molecule has 1 N–H and O–H groups in total. The fraction of sp³-hybridized carbons (Fsp3) is 0.111. The van der Waals surface area contributed by atoms with E-state index >= 15 is 0 Å². The summed E-state index contributed by atoms with van der Waals surface area (Å²) in [6.07, 6.45) is 1.14. The van der Waals surface area contributed by atoms with E-state index < -0.39 is 27.1 Å². The van der Waals surface area contributed by atoms with Gasteiger partial charge >= 0.3 is 11.4 Å². The Kier molecular flexibility index (Phi) is 5.96. The zero-order chi connectivity index (χ0) is 20.0. The average Bonchev–Trinajstić information content (AvgIpc) is 2.66. The number of amides is 1. The number of carbonyl (C=O) groups excluding carboxylic acids is 1.